The molecule has 3 aliphatic heterocycles. The third-order valence-electron chi connectivity index (χ3n) is 5.39. The Bertz CT molecular complexity index is 663. The molecule has 0 saturated carbocycles. The van der Waals surface area contributed by atoms with Gasteiger partial charge in [0, 0.05) is 18.8 Å². The van der Waals surface area contributed by atoms with Crippen molar-refractivity contribution in [1.29, 1.82) is 0 Å². The number of rotatable bonds is 11. The van der Waals surface area contributed by atoms with Crippen molar-refractivity contribution < 1.29 is 24.5 Å². The summed E-state index contributed by atoms with van der Waals surface area (Å²) >= 11 is 0. The van der Waals surface area contributed by atoms with Crippen LogP contribution in [-0.2, 0) is 20.7 Å². The van der Waals surface area contributed by atoms with Crippen molar-refractivity contribution in [2.45, 2.75) is 69.5 Å². The minimum atomic E-state index is -0.751. The van der Waals surface area contributed by atoms with Crippen molar-refractivity contribution in [3.05, 3.63) is 60.2 Å². The van der Waals surface area contributed by atoms with Crippen molar-refractivity contribution in [3.8, 4) is 0 Å². The topological polar surface area (TPSA) is 76.0 Å². The van der Waals surface area contributed by atoms with Crippen LogP contribution < -0.4 is 0 Å². The molecule has 3 aliphatic rings. The number of hydrogen-bond acceptors (Lipinski definition) is 4. The molecule has 1 aromatic rings. The summed E-state index contributed by atoms with van der Waals surface area (Å²) in [4.78, 5) is 10.5. The Hall–Kier alpha value is -1.95. The number of carbonyl (C=O) groups is 1. The lowest BCUT2D eigenvalue weighted by atomic mass is 9.84. The van der Waals surface area contributed by atoms with Gasteiger partial charge in [-0.25, -0.2) is 0 Å². The summed E-state index contributed by atoms with van der Waals surface area (Å²) in [6, 6.07) is 10.2. The molecule has 5 atom stereocenters. The van der Waals surface area contributed by atoms with Crippen LogP contribution in [0.3, 0.4) is 0 Å². The summed E-state index contributed by atoms with van der Waals surface area (Å²) in [5, 5.41) is 19.0. The summed E-state index contributed by atoms with van der Waals surface area (Å²) < 4.78 is 11.7. The van der Waals surface area contributed by atoms with Crippen molar-refractivity contribution in [2.75, 3.05) is 0 Å². The second-order valence-corrected chi connectivity index (χ2v) is 7.57. The highest BCUT2D eigenvalue weighted by molar-refractivity contribution is 5.66. The standard InChI is InChI=1S/C23H30O5/c24-18(13-12-17-8-4-3-5-9-17)14-15-20-19(21-16-23(27-20)28-21)10-6-1-2-7-11-22(25)26/h1,3-6,8-9,14-15,18-21,23-24H,2,7,10-13,16H2,(H,25,26)/b6-1-,15-14+/t18-,19+,20+,21+,23-/m0/s1. The number of carboxylic acids is 1. The lowest BCUT2D eigenvalue weighted by molar-refractivity contribution is -0.337. The molecule has 5 heteroatoms. The second kappa shape index (κ2) is 10.6. The highest BCUT2D eigenvalue weighted by Gasteiger charge is 2.46. The van der Waals surface area contributed by atoms with Gasteiger partial charge in [-0.1, -0.05) is 54.6 Å². The van der Waals surface area contributed by atoms with Crippen LogP contribution in [0.4, 0.5) is 0 Å². The third-order valence-corrected chi connectivity index (χ3v) is 5.39. The van der Waals surface area contributed by atoms with Gasteiger partial charge in [-0.3, -0.25) is 4.79 Å². The van der Waals surface area contributed by atoms with E-state index in [-0.39, 0.29) is 30.8 Å². The number of aliphatic carboxylic acids is 1. The summed E-state index contributed by atoms with van der Waals surface area (Å²) in [7, 11) is 0. The van der Waals surface area contributed by atoms with E-state index in [1.807, 2.05) is 36.4 Å². The summed E-state index contributed by atoms with van der Waals surface area (Å²) in [6.07, 6.45) is 12.5. The van der Waals surface area contributed by atoms with Gasteiger partial charge in [0.2, 0.25) is 0 Å². The fraction of sp³-hybridized carbons (Fsp3) is 0.522. The third kappa shape index (κ3) is 6.30. The molecule has 2 bridgehead atoms. The van der Waals surface area contributed by atoms with E-state index in [1.54, 1.807) is 0 Å². The molecule has 0 radical (unpaired) electrons. The van der Waals surface area contributed by atoms with Gasteiger partial charge in [-0.05, 0) is 37.7 Å². The molecule has 1 aromatic carbocycles. The molecule has 3 heterocycles. The molecule has 0 aromatic heterocycles. The zero-order chi connectivity index (χ0) is 19.8. The quantitative estimate of drug-likeness (QED) is 0.446. The van der Waals surface area contributed by atoms with Crippen molar-refractivity contribution in [1.82, 2.24) is 0 Å². The maximum Gasteiger partial charge on any atom is 0.303 e. The van der Waals surface area contributed by atoms with E-state index in [0.717, 1.165) is 25.7 Å². The molecule has 2 N–H and O–H groups in total. The van der Waals surface area contributed by atoms with Crippen molar-refractivity contribution in [2.24, 2.45) is 5.92 Å². The predicted octanol–water partition coefficient (Wildman–Crippen LogP) is 3.87. The number of carboxylic acid groups (broad SMARTS) is 1. The fourth-order valence-electron chi connectivity index (χ4n) is 3.73. The average molecular weight is 386 g/mol. The Morgan fingerprint density at radius 2 is 2.00 bits per heavy atom. The van der Waals surface area contributed by atoms with Gasteiger partial charge in [0.1, 0.15) is 0 Å². The Morgan fingerprint density at radius 3 is 2.75 bits per heavy atom. The number of ether oxygens (including phenoxy) is 2. The van der Waals surface area contributed by atoms with E-state index in [2.05, 4.69) is 18.2 Å². The van der Waals surface area contributed by atoms with Gasteiger partial charge in [-0.15, -0.1) is 0 Å². The van der Waals surface area contributed by atoms with Gasteiger partial charge in [0.15, 0.2) is 6.29 Å². The largest absolute Gasteiger partial charge is 0.481 e. The first-order valence-electron chi connectivity index (χ1n) is 10.2. The smallest absolute Gasteiger partial charge is 0.303 e. The zero-order valence-electron chi connectivity index (χ0n) is 16.2. The van der Waals surface area contributed by atoms with Gasteiger partial charge in [-0.2, -0.15) is 0 Å². The van der Waals surface area contributed by atoms with Crippen LogP contribution in [0.5, 0.6) is 0 Å². The number of aliphatic hydroxyl groups is 1. The van der Waals surface area contributed by atoms with Crippen LogP contribution in [-0.4, -0.2) is 40.8 Å². The van der Waals surface area contributed by atoms with Crippen LogP contribution >= 0.6 is 0 Å². The maximum absolute atomic E-state index is 10.5. The zero-order valence-corrected chi connectivity index (χ0v) is 16.2. The molecular weight excluding hydrogens is 356 g/mol. The van der Waals surface area contributed by atoms with Crippen molar-refractivity contribution in [3.63, 3.8) is 0 Å². The molecule has 4 rings (SSSR count). The fourth-order valence-corrected chi connectivity index (χ4v) is 3.73. The molecule has 28 heavy (non-hydrogen) atoms. The normalized spacial score (nSPS) is 27.8. The molecule has 0 aliphatic carbocycles. The molecule has 5 nitrogen and oxygen atoms in total. The molecule has 0 unspecified atom stereocenters. The Balaban J connectivity index is 1.44. The first kappa shape index (κ1) is 20.8. The first-order valence-corrected chi connectivity index (χ1v) is 10.2. The second-order valence-electron chi connectivity index (χ2n) is 7.57. The number of benzene rings is 1. The summed E-state index contributed by atoms with van der Waals surface area (Å²) in [5.41, 5.74) is 1.23. The Morgan fingerprint density at radius 1 is 1.21 bits per heavy atom. The van der Waals surface area contributed by atoms with E-state index < -0.39 is 12.1 Å². The molecule has 3 fully saturated rings. The van der Waals surface area contributed by atoms with Gasteiger partial charge < -0.3 is 19.7 Å². The van der Waals surface area contributed by atoms with Crippen LogP contribution in [0, 0.1) is 5.92 Å². The van der Waals surface area contributed by atoms with E-state index in [1.165, 1.54) is 5.56 Å². The Labute approximate surface area is 166 Å². The Kier molecular flexibility index (Phi) is 7.83. The summed E-state index contributed by atoms with van der Waals surface area (Å²) in [6.45, 7) is 0. The van der Waals surface area contributed by atoms with E-state index in [0.29, 0.717) is 12.8 Å². The van der Waals surface area contributed by atoms with Crippen LogP contribution in [0.15, 0.2) is 54.6 Å². The predicted molar refractivity (Wildman–Crippen MR) is 107 cm³/mol. The lowest BCUT2D eigenvalue weighted by Gasteiger charge is -2.49. The van der Waals surface area contributed by atoms with Crippen molar-refractivity contribution >= 4 is 5.97 Å². The molecule has 0 amide bonds. The number of unbranched alkanes of at least 4 members (excludes halogenated alkanes) is 1. The first-order chi connectivity index (χ1) is 13.6. The minimum Gasteiger partial charge on any atom is -0.481 e. The molecule has 0 spiro atoms. The van der Waals surface area contributed by atoms with E-state index in [4.69, 9.17) is 14.6 Å². The molecular formula is C23H30O5. The number of hydrogen-bond donors (Lipinski definition) is 2. The van der Waals surface area contributed by atoms with Crippen LogP contribution in [0.1, 0.15) is 44.1 Å². The number of aliphatic hydroxyl groups excluding tert-OH is 1. The summed E-state index contributed by atoms with van der Waals surface area (Å²) in [5.74, 6) is -0.516. The average Bonchev–Trinajstić information content (AvgIpc) is 2.67. The number of fused-ring (bicyclic) bond motifs is 2. The SMILES string of the molecule is O=C(O)CCC/C=C\C[C@@H]1[C@@H](/C=C/[C@@H](O)CCc2ccccc2)O[C@@H]2C[C@H]1O2. The molecule has 3 saturated heterocycles. The lowest BCUT2D eigenvalue weighted by Crippen LogP contribution is -2.55. The number of allylic oxidation sites excluding steroid dienone is 2. The maximum atomic E-state index is 10.5. The van der Waals surface area contributed by atoms with Crippen LogP contribution in [0.25, 0.3) is 0 Å². The number of aryl methyl sites for hydroxylation is 1. The highest BCUT2D eigenvalue weighted by atomic mass is 16.7. The van der Waals surface area contributed by atoms with Gasteiger partial charge >= 0.3 is 5.97 Å². The van der Waals surface area contributed by atoms with E-state index in [9.17, 15) is 9.90 Å². The highest BCUT2D eigenvalue weighted by Crippen LogP contribution is 2.40. The van der Waals surface area contributed by atoms with Gasteiger partial charge in [0.05, 0.1) is 18.3 Å². The van der Waals surface area contributed by atoms with Gasteiger partial charge in [0.25, 0.3) is 0 Å². The molecule has 152 valence electrons. The monoisotopic (exact) mass is 386 g/mol. The van der Waals surface area contributed by atoms with E-state index >= 15 is 0 Å². The minimum absolute atomic E-state index is 0.0486. The van der Waals surface area contributed by atoms with Crippen LogP contribution in [0.2, 0.25) is 0 Å².